The van der Waals surface area contributed by atoms with Crippen molar-refractivity contribution >= 4 is 23.5 Å². The summed E-state index contributed by atoms with van der Waals surface area (Å²) < 4.78 is 0. The van der Waals surface area contributed by atoms with Crippen LogP contribution < -0.4 is 5.32 Å². The van der Waals surface area contributed by atoms with Gasteiger partial charge in [0.2, 0.25) is 5.91 Å². The molecule has 2 amide bonds. The second kappa shape index (κ2) is 6.02. The lowest BCUT2D eigenvalue weighted by Gasteiger charge is -2.21. The molecule has 2 aliphatic rings. The molecule has 1 aromatic rings. The minimum atomic E-state index is -0.960. The van der Waals surface area contributed by atoms with Crippen LogP contribution in [0.15, 0.2) is 24.3 Å². The molecule has 6 nitrogen and oxygen atoms in total. The third kappa shape index (κ3) is 3.21. The van der Waals surface area contributed by atoms with Gasteiger partial charge in [-0.1, -0.05) is 6.92 Å². The van der Waals surface area contributed by atoms with Crippen LogP contribution in [-0.2, 0) is 9.59 Å². The lowest BCUT2D eigenvalue weighted by molar-refractivity contribution is -0.141. The summed E-state index contributed by atoms with van der Waals surface area (Å²) in [5.74, 6) is -0.680. The van der Waals surface area contributed by atoms with E-state index in [9.17, 15) is 14.4 Å². The number of nitrogens with zero attached hydrogens (tertiary/aromatic N) is 1. The number of rotatable bonds is 4. The number of hydrogen-bond acceptors (Lipinski definition) is 3. The molecule has 23 heavy (non-hydrogen) atoms. The van der Waals surface area contributed by atoms with E-state index in [0.717, 1.165) is 6.42 Å². The molecule has 1 saturated carbocycles. The van der Waals surface area contributed by atoms with Crippen LogP contribution in [0, 0.1) is 11.8 Å². The van der Waals surface area contributed by atoms with Crippen molar-refractivity contribution in [3.8, 4) is 0 Å². The Labute approximate surface area is 134 Å². The van der Waals surface area contributed by atoms with Gasteiger partial charge in [0.05, 0.1) is 0 Å². The van der Waals surface area contributed by atoms with Crippen LogP contribution in [-0.4, -0.2) is 40.4 Å². The number of carboxylic acid groups (broad SMARTS) is 1. The van der Waals surface area contributed by atoms with Crippen molar-refractivity contribution in [2.45, 2.75) is 32.2 Å². The number of nitrogens with one attached hydrogen (secondary N) is 1. The van der Waals surface area contributed by atoms with Crippen LogP contribution in [0.1, 0.15) is 36.5 Å². The zero-order valence-corrected chi connectivity index (χ0v) is 13.0. The number of carboxylic acids is 1. The molecule has 122 valence electrons. The summed E-state index contributed by atoms with van der Waals surface area (Å²) in [5.41, 5.74) is 1.10. The Hall–Kier alpha value is -2.37. The number of benzene rings is 1. The van der Waals surface area contributed by atoms with Crippen LogP contribution in [0.5, 0.6) is 0 Å². The lowest BCUT2D eigenvalue weighted by Crippen LogP contribution is -2.40. The highest BCUT2D eigenvalue weighted by Gasteiger charge is 2.39. The maximum Gasteiger partial charge on any atom is 0.326 e. The molecule has 6 heteroatoms. The van der Waals surface area contributed by atoms with Gasteiger partial charge in [0.15, 0.2) is 0 Å². The monoisotopic (exact) mass is 316 g/mol. The molecule has 3 atom stereocenters. The summed E-state index contributed by atoms with van der Waals surface area (Å²) in [4.78, 5) is 36.9. The highest BCUT2D eigenvalue weighted by molar-refractivity contribution is 5.98. The van der Waals surface area contributed by atoms with E-state index >= 15 is 0 Å². The standard InChI is InChI=1S/C17H20N2O4/c1-10-9-13(10)15(20)18-12-6-4-11(5-7-12)16(21)19-8-2-3-14(19)17(22)23/h4-7,10,13-14H,2-3,8-9H2,1H3,(H,18,20)(H,22,23)/t10?,13?,14-/m0/s1. The van der Waals surface area contributed by atoms with Gasteiger partial charge >= 0.3 is 5.97 Å². The van der Waals surface area contributed by atoms with E-state index in [1.54, 1.807) is 24.3 Å². The van der Waals surface area contributed by atoms with Crippen LogP contribution in [0.3, 0.4) is 0 Å². The predicted octanol–water partition coefficient (Wildman–Crippen LogP) is 1.97. The van der Waals surface area contributed by atoms with Crippen molar-refractivity contribution in [3.05, 3.63) is 29.8 Å². The number of likely N-dealkylation sites (tertiary alicyclic amines) is 1. The molecule has 2 unspecified atom stereocenters. The van der Waals surface area contributed by atoms with E-state index in [0.29, 0.717) is 36.6 Å². The van der Waals surface area contributed by atoms with Gasteiger partial charge in [0.1, 0.15) is 6.04 Å². The fourth-order valence-electron chi connectivity index (χ4n) is 3.05. The minimum Gasteiger partial charge on any atom is -0.480 e. The summed E-state index contributed by atoms with van der Waals surface area (Å²) >= 11 is 0. The first kappa shape index (κ1) is 15.5. The third-order valence-corrected chi connectivity index (χ3v) is 4.64. The summed E-state index contributed by atoms with van der Waals surface area (Å²) in [5, 5.41) is 12.0. The summed E-state index contributed by atoms with van der Waals surface area (Å²) in [7, 11) is 0. The molecule has 0 aromatic heterocycles. The molecular weight excluding hydrogens is 296 g/mol. The molecule has 2 fully saturated rings. The first-order chi connectivity index (χ1) is 11.0. The fraction of sp³-hybridized carbons (Fsp3) is 0.471. The van der Waals surface area contributed by atoms with Crippen LogP contribution >= 0.6 is 0 Å². The number of aliphatic carboxylic acids is 1. The molecule has 1 aromatic carbocycles. The second-order valence-electron chi connectivity index (χ2n) is 6.38. The molecule has 1 aliphatic carbocycles. The second-order valence-corrected chi connectivity index (χ2v) is 6.38. The van der Waals surface area contributed by atoms with Crippen LogP contribution in [0.25, 0.3) is 0 Å². The molecule has 1 saturated heterocycles. The number of amides is 2. The van der Waals surface area contributed by atoms with Gasteiger partial charge in [-0.15, -0.1) is 0 Å². The number of hydrogen-bond donors (Lipinski definition) is 2. The third-order valence-electron chi connectivity index (χ3n) is 4.64. The Morgan fingerprint density at radius 3 is 2.43 bits per heavy atom. The molecule has 2 N–H and O–H groups in total. The van der Waals surface area contributed by atoms with Crippen molar-refractivity contribution in [2.24, 2.45) is 11.8 Å². The average Bonchev–Trinajstić information content (AvgIpc) is 3.07. The van der Waals surface area contributed by atoms with E-state index in [1.807, 2.05) is 6.92 Å². The molecule has 0 bridgehead atoms. The summed E-state index contributed by atoms with van der Waals surface area (Å²) in [6.45, 7) is 2.51. The van der Waals surface area contributed by atoms with E-state index in [-0.39, 0.29) is 17.7 Å². The number of anilines is 1. The molecule has 1 aliphatic heterocycles. The normalized spacial score (nSPS) is 26.0. The first-order valence-corrected chi connectivity index (χ1v) is 7.92. The van der Waals surface area contributed by atoms with Gasteiger partial charge in [-0.2, -0.15) is 0 Å². The van der Waals surface area contributed by atoms with E-state index in [1.165, 1.54) is 4.90 Å². The van der Waals surface area contributed by atoms with Crippen molar-refractivity contribution < 1.29 is 19.5 Å². The zero-order chi connectivity index (χ0) is 16.6. The van der Waals surface area contributed by atoms with Crippen LogP contribution in [0.2, 0.25) is 0 Å². The lowest BCUT2D eigenvalue weighted by atomic mass is 10.1. The Balaban J connectivity index is 1.65. The molecule has 3 rings (SSSR count). The smallest absolute Gasteiger partial charge is 0.326 e. The Kier molecular flexibility index (Phi) is 4.07. The number of carbonyl (C=O) groups excluding carboxylic acids is 2. The summed E-state index contributed by atoms with van der Waals surface area (Å²) in [6.07, 6.45) is 2.12. The summed E-state index contributed by atoms with van der Waals surface area (Å²) in [6, 6.07) is 5.89. The van der Waals surface area contributed by atoms with Gasteiger partial charge in [0.25, 0.3) is 5.91 Å². The molecule has 0 radical (unpaired) electrons. The SMILES string of the molecule is CC1CC1C(=O)Nc1ccc(C(=O)N2CCC[C@H]2C(=O)O)cc1. The van der Waals surface area contributed by atoms with E-state index in [4.69, 9.17) is 5.11 Å². The van der Waals surface area contributed by atoms with Crippen LogP contribution in [0.4, 0.5) is 5.69 Å². The van der Waals surface area contributed by atoms with Crippen molar-refractivity contribution in [1.82, 2.24) is 4.90 Å². The topological polar surface area (TPSA) is 86.7 Å². The minimum absolute atomic E-state index is 0.0158. The van der Waals surface area contributed by atoms with Crippen molar-refractivity contribution in [2.75, 3.05) is 11.9 Å². The Bertz CT molecular complexity index is 640. The molecular formula is C17H20N2O4. The van der Waals surface area contributed by atoms with Crippen molar-refractivity contribution in [1.29, 1.82) is 0 Å². The van der Waals surface area contributed by atoms with Gasteiger partial charge in [0, 0.05) is 23.7 Å². The highest BCUT2D eigenvalue weighted by Crippen LogP contribution is 2.38. The van der Waals surface area contributed by atoms with Gasteiger partial charge in [-0.3, -0.25) is 9.59 Å². The van der Waals surface area contributed by atoms with E-state index in [2.05, 4.69) is 5.32 Å². The maximum absolute atomic E-state index is 12.4. The van der Waals surface area contributed by atoms with Gasteiger partial charge < -0.3 is 15.3 Å². The predicted molar refractivity (Wildman–Crippen MR) is 84.0 cm³/mol. The zero-order valence-electron chi connectivity index (χ0n) is 13.0. The average molecular weight is 316 g/mol. The Morgan fingerprint density at radius 2 is 1.87 bits per heavy atom. The molecule has 0 spiro atoms. The Morgan fingerprint density at radius 1 is 1.22 bits per heavy atom. The quantitative estimate of drug-likeness (QED) is 0.889. The molecule has 1 heterocycles. The van der Waals surface area contributed by atoms with Crippen molar-refractivity contribution in [3.63, 3.8) is 0 Å². The first-order valence-electron chi connectivity index (χ1n) is 7.92. The van der Waals surface area contributed by atoms with E-state index < -0.39 is 12.0 Å². The van der Waals surface area contributed by atoms with Gasteiger partial charge in [-0.25, -0.2) is 4.79 Å². The van der Waals surface area contributed by atoms with Gasteiger partial charge in [-0.05, 0) is 49.4 Å². The maximum atomic E-state index is 12.4. The largest absolute Gasteiger partial charge is 0.480 e. The fourth-order valence-corrected chi connectivity index (χ4v) is 3.05. The number of carbonyl (C=O) groups is 3. The highest BCUT2D eigenvalue weighted by atomic mass is 16.4.